The van der Waals surface area contributed by atoms with E-state index in [9.17, 15) is 9.59 Å². The summed E-state index contributed by atoms with van der Waals surface area (Å²) >= 11 is 5.87. The summed E-state index contributed by atoms with van der Waals surface area (Å²) in [7, 11) is 0. The van der Waals surface area contributed by atoms with E-state index in [1.54, 1.807) is 24.3 Å². The number of imide groups is 1. The molecule has 0 spiro atoms. The minimum Gasteiger partial charge on any atom is -0.447 e. The first-order valence-electron chi connectivity index (χ1n) is 8.41. The maximum absolute atomic E-state index is 13.0. The Balaban J connectivity index is 1.79. The monoisotopic (exact) mass is 384 g/mol. The standard InChI is InChI=1S/C19H17ClN4O3/c20-15-8-6-14(7-9-15)11-17(22-23-21)18(25)24-16(12-27-19(24)26)10-13-4-2-1-3-5-13/h1-9,16-17H,10-12H2/t16-,17-/m0/s1. The molecule has 1 heterocycles. The maximum atomic E-state index is 13.0. The molecule has 1 aliphatic rings. The Hall–Kier alpha value is -3.02. The minimum atomic E-state index is -1.04. The summed E-state index contributed by atoms with van der Waals surface area (Å²) in [6.07, 6.45) is -0.0698. The molecule has 27 heavy (non-hydrogen) atoms. The Morgan fingerprint density at radius 2 is 1.93 bits per heavy atom. The number of hydrogen-bond donors (Lipinski definition) is 0. The Morgan fingerprint density at radius 1 is 1.22 bits per heavy atom. The molecule has 2 amide bonds. The highest BCUT2D eigenvalue weighted by Crippen LogP contribution is 2.21. The van der Waals surface area contributed by atoms with E-state index in [1.807, 2.05) is 30.3 Å². The number of halogens is 1. The van der Waals surface area contributed by atoms with Gasteiger partial charge in [0.15, 0.2) is 0 Å². The number of cyclic esters (lactones) is 1. The van der Waals surface area contributed by atoms with Crippen LogP contribution in [0.3, 0.4) is 0 Å². The Bertz CT molecular complexity index is 866. The Kier molecular flexibility index (Phi) is 5.96. The van der Waals surface area contributed by atoms with Crippen molar-refractivity contribution in [1.29, 1.82) is 0 Å². The maximum Gasteiger partial charge on any atom is 0.416 e. The molecule has 1 fully saturated rings. The molecule has 2 atom stereocenters. The van der Waals surface area contributed by atoms with Gasteiger partial charge in [-0.05, 0) is 41.6 Å². The van der Waals surface area contributed by atoms with Crippen molar-refractivity contribution in [2.24, 2.45) is 5.11 Å². The van der Waals surface area contributed by atoms with Crippen molar-refractivity contribution in [2.75, 3.05) is 6.61 Å². The Labute approximate surface area is 161 Å². The number of nitrogens with zero attached hydrogens (tertiary/aromatic N) is 4. The molecular weight excluding hydrogens is 368 g/mol. The highest BCUT2D eigenvalue weighted by molar-refractivity contribution is 6.30. The van der Waals surface area contributed by atoms with E-state index in [2.05, 4.69) is 10.0 Å². The van der Waals surface area contributed by atoms with Gasteiger partial charge in [0.25, 0.3) is 0 Å². The molecule has 1 saturated heterocycles. The van der Waals surface area contributed by atoms with Gasteiger partial charge in [0, 0.05) is 9.93 Å². The highest BCUT2D eigenvalue weighted by Gasteiger charge is 2.40. The lowest BCUT2D eigenvalue weighted by Crippen LogP contribution is -2.45. The lowest BCUT2D eigenvalue weighted by molar-refractivity contribution is -0.130. The van der Waals surface area contributed by atoms with Crippen molar-refractivity contribution in [3.05, 3.63) is 81.2 Å². The van der Waals surface area contributed by atoms with E-state index in [1.165, 1.54) is 0 Å². The third-order valence-electron chi connectivity index (χ3n) is 4.33. The van der Waals surface area contributed by atoms with Crippen molar-refractivity contribution in [3.63, 3.8) is 0 Å². The number of azide groups is 1. The van der Waals surface area contributed by atoms with Crippen LogP contribution in [0.5, 0.6) is 0 Å². The van der Waals surface area contributed by atoms with Gasteiger partial charge in [-0.2, -0.15) is 0 Å². The molecule has 0 N–H and O–H groups in total. The average Bonchev–Trinajstić information content (AvgIpc) is 3.03. The van der Waals surface area contributed by atoms with Crippen LogP contribution in [-0.4, -0.2) is 35.6 Å². The lowest BCUT2D eigenvalue weighted by atomic mass is 10.0. The van der Waals surface area contributed by atoms with Crippen molar-refractivity contribution in [3.8, 4) is 0 Å². The van der Waals surface area contributed by atoms with Crippen LogP contribution in [0.15, 0.2) is 59.7 Å². The summed E-state index contributed by atoms with van der Waals surface area (Å²) in [5, 5.41) is 4.18. The number of carbonyl (C=O) groups excluding carboxylic acids is 2. The van der Waals surface area contributed by atoms with Gasteiger partial charge in [-0.3, -0.25) is 4.79 Å². The van der Waals surface area contributed by atoms with E-state index >= 15 is 0 Å². The fraction of sp³-hybridized carbons (Fsp3) is 0.263. The second-order valence-corrected chi connectivity index (χ2v) is 6.62. The van der Waals surface area contributed by atoms with E-state index in [0.717, 1.165) is 16.0 Å². The van der Waals surface area contributed by atoms with Gasteiger partial charge in [-0.15, -0.1) is 0 Å². The van der Waals surface area contributed by atoms with Gasteiger partial charge in [0.1, 0.15) is 12.6 Å². The van der Waals surface area contributed by atoms with E-state index in [0.29, 0.717) is 11.4 Å². The molecule has 1 aliphatic heterocycles. The predicted octanol–water partition coefficient (Wildman–Crippen LogP) is 4.15. The summed E-state index contributed by atoms with van der Waals surface area (Å²) < 4.78 is 5.08. The van der Waals surface area contributed by atoms with Gasteiger partial charge in [0.05, 0.1) is 6.04 Å². The van der Waals surface area contributed by atoms with Crippen molar-refractivity contribution in [1.82, 2.24) is 4.90 Å². The average molecular weight is 385 g/mol. The third kappa shape index (κ3) is 4.58. The van der Waals surface area contributed by atoms with E-state index in [4.69, 9.17) is 21.9 Å². The molecule has 7 nitrogen and oxygen atoms in total. The summed E-state index contributed by atoms with van der Waals surface area (Å²) in [5.41, 5.74) is 10.6. The predicted molar refractivity (Wildman–Crippen MR) is 100 cm³/mol. The number of carbonyl (C=O) groups is 2. The molecule has 2 aromatic carbocycles. The van der Waals surface area contributed by atoms with Gasteiger partial charge >= 0.3 is 6.09 Å². The van der Waals surface area contributed by atoms with Gasteiger partial charge in [0.2, 0.25) is 5.91 Å². The molecule has 0 aliphatic carbocycles. The quantitative estimate of drug-likeness (QED) is 0.425. The number of hydrogen-bond acceptors (Lipinski definition) is 4. The summed E-state index contributed by atoms with van der Waals surface area (Å²) in [5.74, 6) is -0.564. The number of benzene rings is 2. The molecule has 138 valence electrons. The highest BCUT2D eigenvalue weighted by atomic mass is 35.5. The van der Waals surface area contributed by atoms with Gasteiger partial charge in [-0.25, -0.2) is 9.69 Å². The first-order valence-corrected chi connectivity index (χ1v) is 8.78. The third-order valence-corrected chi connectivity index (χ3v) is 4.58. The van der Waals surface area contributed by atoms with Crippen molar-refractivity contribution >= 4 is 23.6 Å². The first kappa shape index (κ1) is 18.8. The van der Waals surface area contributed by atoms with Crippen LogP contribution in [0.1, 0.15) is 11.1 Å². The lowest BCUT2D eigenvalue weighted by Gasteiger charge is -2.23. The van der Waals surface area contributed by atoms with Crippen LogP contribution < -0.4 is 0 Å². The van der Waals surface area contributed by atoms with Crippen LogP contribution >= 0.6 is 11.6 Å². The number of ether oxygens (including phenoxy) is 1. The van der Waals surface area contributed by atoms with Crippen LogP contribution in [-0.2, 0) is 22.4 Å². The second-order valence-electron chi connectivity index (χ2n) is 6.18. The fourth-order valence-corrected chi connectivity index (χ4v) is 3.14. The number of amides is 2. The van der Waals surface area contributed by atoms with E-state index in [-0.39, 0.29) is 13.0 Å². The number of rotatable bonds is 6. The van der Waals surface area contributed by atoms with Gasteiger partial charge < -0.3 is 4.74 Å². The molecule has 3 rings (SSSR count). The molecule has 0 bridgehead atoms. The summed E-state index contributed by atoms with van der Waals surface area (Å²) in [4.78, 5) is 29.0. The molecule has 8 heteroatoms. The normalized spacial score (nSPS) is 17.1. The van der Waals surface area contributed by atoms with E-state index < -0.39 is 24.1 Å². The molecular formula is C19H17ClN4O3. The Morgan fingerprint density at radius 3 is 2.59 bits per heavy atom. The molecule has 0 unspecified atom stereocenters. The summed E-state index contributed by atoms with van der Waals surface area (Å²) in [6.45, 7) is 0.114. The SMILES string of the molecule is [N-]=[N+]=N[C@@H](Cc1ccc(Cl)cc1)C(=O)N1C(=O)OC[C@@H]1Cc1ccccc1. The zero-order chi connectivity index (χ0) is 19.2. The van der Waals surface area contributed by atoms with Crippen molar-refractivity contribution < 1.29 is 14.3 Å². The summed E-state index contributed by atoms with van der Waals surface area (Å²) in [6, 6.07) is 14.9. The zero-order valence-electron chi connectivity index (χ0n) is 14.4. The van der Waals surface area contributed by atoms with Crippen LogP contribution in [0, 0.1) is 0 Å². The van der Waals surface area contributed by atoms with Crippen LogP contribution in [0.25, 0.3) is 10.4 Å². The van der Waals surface area contributed by atoms with Crippen LogP contribution in [0.2, 0.25) is 5.02 Å². The first-order chi connectivity index (χ1) is 13.1. The fourth-order valence-electron chi connectivity index (χ4n) is 3.01. The molecule has 2 aromatic rings. The zero-order valence-corrected chi connectivity index (χ0v) is 15.1. The second kappa shape index (κ2) is 8.58. The van der Waals surface area contributed by atoms with Crippen molar-refractivity contribution in [2.45, 2.75) is 24.9 Å². The molecule has 0 aromatic heterocycles. The van der Waals surface area contributed by atoms with Gasteiger partial charge in [-0.1, -0.05) is 59.2 Å². The topological polar surface area (TPSA) is 95.4 Å². The largest absolute Gasteiger partial charge is 0.447 e. The minimum absolute atomic E-state index is 0.114. The van der Waals surface area contributed by atoms with Crippen LogP contribution in [0.4, 0.5) is 4.79 Å². The smallest absolute Gasteiger partial charge is 0.416 e. The molecule has 0 radical (unpaired) electrons. The molecule has 0 saturated carbocycles.